The minimum atomic E-state index is -0.833. The summed E-state index contributed by atoms with van der Waals surface area (Å²) in [6, 6.07) is 3.68. The number of carbonyl (C=O) groups is 2. The van der Waals surface area contributed by atoms with Gasteiger partial charge in [0.25, 0.3) is 5.91 Å². The van der Waals surface area contributed by atoms with Gasteiger partial charge in [0.1, 0.15) is 11.5 Å². The summed E-state index contributed by atoms with van der Waals surface area (Å²) in [5, 5.41) is 13.3. The smallest absolute Gasteiger partial charge is 0.303 e. The molecule has 0 unspecified atom stereocenters. The molecule has 1 amide bonds. The van der Waals surface area contributed by atoms with E-state index in [-0.39, 0.29) is 12.3 Å². The van der Waals surface area contributed by atoms with E-state index < -0.39 is 5.97 Å². The summed E-state index contributed by atoms with van der Waals surface area (Å²) in [5.41, 5.74) is 2.31. The second kappa shape index (κ2) is 6.51. The Labute approximate surface area is 139 Å². The molecule has 24 heavy (non-hydrogen) atoms. The van der Waals surface area contributed by atoms with Gasteiger partial charge in [-0.1, -0.05) is 0 Å². The van der Waals surface area contributed by atoms with Crippen LogP contribution in [0.4, 0.5) is 0 Å². The molecule has 0 fully saturated rings. The summed E-state index contributed by atoms with van der Waals surface area (Å²) in [6.45, 7) is 5.50. The quantitative estimate of drug-likeness (QED) is 0.927. The zero-order chi connectivity index (χ0) is 17.3. The first kappa shape index (κ1) is 16.3. The molecule has 1 N–H and O–H groups in total. The second-order valence-electron chi connectivity index (χ2n) is 6.15. The van der Waals surface area contributed by atoms with Crippen molar-refractivity contribution in [3.05, 3.63) is 40.6 Å². The van der Waals surface area contributed by atoms with Gasteiger partial charge >= 0.3 is 5.97 Å². The van der Waals surface area contributed by atoms with Crippen molar-refractivity contribution in [3.8, 4) is 0 Å². The Kier molecular flexibility index (Phi) is 4.42. The average molecular weight is 331 g/mol. The van der Waals surface area contributed by atoms with E-state index in [0.29, 0.717) is 30.8 Å². The fraction of sp³-hybridized carbons (Fsp3) is 0.471. The van der Waals surface area contributed by atoms with Crippen molar-refractivity contribution >= 4 is 11.9 Å². The molecule has 2 aromatic rings. The number of aliphatic carboxylic acids is 1. The Hall–Kier alpha value is -2.57. The number of hydrogen-bond donors (Lipinski definition) is 1. The van der Waals surface area contributed by atoms with Crippen LogP contribution in [0.15, 0.2) is 16.5 Å². The van der Waals surface area contributed by atoms with Gasteiger partial charge in [-0.05, 0) is 32.4 Å². The van der Waals surface area contributed by atoms with Gasteiger partial charge in [0.15, 0.2) is 0 Å². The van der Waals surface area contributed by atoms with Gasteiger partial charge in [-0.25, -0.2) is 0 Å². The number of furan rings is 1. The lowest BCUT2D eigenvalue weighted by atomic mass is 10.2. The van der Waals surface area contributed by atoms with Crippen LogP contribution < -0.4 is 0 Å². The largest absolute Gasteiger partial charge is 0.481 e. The maximum Gasteiger partial charge on any atom is 0.303 e. The van der Waals surface area contributed by atoms with Crippen LogP contribution in [0.5, 0.6) is 0 Å². The number of aromatic nitrogens is 2. The minimum Gasteiger partial charge on any atom is -0.481 e. The summed E-state index contributed by atoms with van der Waals surface area (Å²) in [5.74, 6) is 0.496. The molecule has 0 saturated heterocycles. The number of rotatable bonds is 4. The molecule has 3 heterocycles. The van der Waals surface area contributed by atoms with Gasteiger partial charge in [0.05, 0.1) is 29.9 Å². The van der Waals surface area contributed by atoms with Crippen molar-refractivity contribution in [3.63, 3.8) is 0 Å². The molecule has 7 heteroatoms. The van der Waals surface area contributed by atoms with Crippen LogP contribution in [0.1, 0.15) is 46.1 Å². The maximum absolute atomic E-state index is 12.8. The molecule has 0 bridgehead atoms. The van der Waals surface area contributed by atoms with E-state index in [2.05, 4.69) is 5.10 Å². The van der Waals surface area contributed by atoms with Gasteiger partial charge in [0.2, 0.25) is 0 Å². The molecule has 1 aliphatic heterocycles. The Morgan fingerprint density at radius 1 is 1.29 bits per heavy atom. The summed E-state index contributed by atoms with van der Waals surface area (Å²) in [6.07, 6.45) is 1.28. The molecule has 0 radical (unpaired) electrons. The van der Waals surface area contributed by atoms with E-state index in [9.17, 15) is 9.59 Å². The van der Waals surface area contributed by atoms with Gasteiger partial charge in [-0.3, -0.25) is 14.3 Å². The first-order chi connectivity index (χ1) is 11.4. The molecule has 128 valence electrons. The summed E-state index contributed by atoms with van der Waals surface area (Å²) >= 11 is 0. The standard InChI is InChI=1S/C17H21N3O4/c1-11-8-15(12(2)24-11)17(23)19-6-3-7-20-14(10-19)9-13(18-20)4-5-16(21)22/h8-9H,3-7,10H2,1-2H3,(H,21,22). The monoisotopic (exact) mass is 331 g/mol. The zero-order valence-corrected chi connectivity index (χ0v) is 13.9. The van der Waals surface area contributed by atoms with Crippen LogP contribution >= 0.6 is 0 Å². The van der Waals surface area contributed by atoms with E-state index in [1.54, 1.807) is 17.9 Å². The number of carboxylic acid groups (broad SMARTS) is 1. The van der Waals surface area contributed by atoms with Crippen LogP contribution in [0.25, 0.3) is 0 Å². The second-order valence-corrected chi connectivity index (χ2v) is 6.15. The Balaban J connectivity index is 1.77. The fourth-order valence-corrected chi connectivity index (χ4v) is 3.07. The summed E-state index contributed by atoms with van der Waals surface area (Å²) in [4.78, 5) is 25.3. The number of carboxylic acids is 1. The topological polar surface area (TPSA) is 88.6 Å². The first-order valence-corrected chi connectivity index (χ1v) is 8.07. The van der Waals surface area contributed by atoms with E-state index >= 15 is 0 Å². The van der Waals surface area contributed by atoms with E-state index in [0.717, 1.165) is 30.1 Å². The van der Waals surface area contributed by atoms with Gasteiger partial charge in [0, 0.05) is 19.5 Å². The molecule has 0 spiro atoms. The summed E-state index contributed by atoms with van der Waals surface area (Å²) in [7, 11) is 0. The van der Waals surface area contributed by atoms with Crippen molar-refractivity contribution in [1.29, 1.82) is 0 Å². The molecule has 3 rings (SSSR count). The highest BCUT2D eigenvalue weighted by Crippen LogP contribution is 2.20. The van der Waals surface area contributed by atoms with Crippen molar-refractivity contribution in [1.82, 2.24) is 14.7 Å². The van der Waals surface area contributed by atoms with E-state index in [1.165, 1.54) is 0 Å². The SMILES string of the molecule is Cc1cc(C(=O)N2CCCn3nc(CCC(=O)O)cc3C2)c(C)o1. The molecule has 0 aliphatic carbocycles. The predicted octanol–water partition coefficient (Wildman–Crippen LogP) is 2.16. The van der Waals surface area contributed by atoms with Crippen LogP contribution in [0.3, 0.4) is 0 Å². The van der Waals surface area contributed by atoms with E-state index in [4.69, 9.17) is 9.52 Å². The van der Waals surface area contributed by atoms with Gasteiger partial charge < -0.3 is 14.4 Å². The van der Waals surface area contributed by atoms with Crippen LogP contribution in [-0.4, -0.2) is 38.2 Å². The van der Waals surface area contributed by atoms with Crippen molar-refractivity contribution < 1.29 is 19.1 Å². The highest BCUT2D eigenvalue weighted by atomic mass is 16.4. The molecule has 0 saturated carbocycles. The highest BCUT2D eigenvalue weighted by Gasteiger charge is 2.24. The normalized spacial score (nSPS) is 14.3. The molecule has 1 aliphatic rings. The lowest BCUT2D eigenvalue weighted by Gasteiger charge is -2.19. The van der Waals surface area contributed by atoms with Crippen molar-refractivity contribution in [2.24, 2.45) is 0 Å². The molecule has 2 aromatic heterocycles. The Morgan fingerprint density at radius 3 is 2.75 bits per heavy atom. The summed E-state index contributed by atoms with van der Waals surface area (Å²) < 4.78 is 7.35. The number of aryl methyl sites for hydroxylation is 4. The first-order valence-electron chi connectivity index (χ1n) is 8.07. The highest BCUT2D eigenvalue weighted by molar-refractivity contribution is 5.95. The lowest BCUT2D eigenvalue weighted by Crippen LogP contribution is -2.30. The van der Waals surface area contributed by atoms with Crippen LogP contribution in [0.2, 0.25) is 0 Å². The Bertz CT molecular complexity index is 775. The zero-order valence-electron chi connectivity index (χ0n) is 13.9. The molecule has 7 nitrogen and oxygen atoms in total. The molecular weight excluding hydrogens is 310 g/mol. The number of amides is 1. The maximum atomic E-state index is 12.8. The number of nitrogens with zero attached hydrogens (tertiary/aromatic N) is 3. The molecule has 0 atom stereocenters. The molecule has 0 aromatic carbocycles. The van der Waals surface area contributed by atoms with Gasteiger partial charge in [-0.2, -0.15) is 5.10 Å². The third-order valence-electron chi connectivity index (χ3n) is 4.22. The lowest BCUT2D eigenvalue weighted by molar-refractivity contribution is -0.136. The fourth-order valence-electron chi connectivity index (χ4n) is 3.07. The average Bonchev–Trinajstić information content (AvgIpc) is 3.00. The third kappa shape index (κ3) is 3.34. The Morgan fingerprint density at radius 2 is 2.08 bits per heavy atom. The van der Waals surface area contributed by atoms with E-state index in [1.807, 2.05) is 17.7 Å². The number of hydrogen-bond acceptors (Lipinski definition) is 4. The van der Waals surface area contributed by atoms with Gasteiger partial charge in [-0.15, -0.1) is 0 Å². The molecular formula is C17H21N3O4. The van der Waals surface area contributed by atoms with Crippen molar-refractivity contribution in [2.45, 2.75) is 46.2 Å². The van der Waals surface area contributed by atoms with Crippen LogP contribution in [0, 0.1) is 13.8 Å². The third-order valence-corrected chi connectivity index (χ3v) is 4.22. The number of fused-ring (bicyclic) bond motifs is 1. The van der Waals surface area contributed by atoms with Crippen LogP contribution in [-0.2, 0) is 24.3 Å². The van der Waals surface area contributed by atoms with Crippen molar-refractivity contribution in [2.75, 3.05) is 6.54 Å². The predicted molar refractivity (Wildman–Crippen MR) is 85.7 cm³/mol. The minimum absolute atomic E-state index is 0.0360. The number of carbonyl (C=O) groups excluding carboxylic acids is 1.